The average Bonchev–Trinajstić information content (AvgIpc) is 3.03. The fourth-order valence-electron chi connectivity index (χ4n) is 2.22. The summed E-state index contributed by atoms with van der Waals surface area (Å²) in [6, 6.07) is 10.3. The third-order valence-corrected chi connectivity index (χ3v) is 4.46. The van der Waals surface area contributed by atoms with Crippen molar-refractivity contribution in [2.75, 3.05) is 20.2 Å². The molecule has 5 nitrogen and oxygen atoms in total. The molecule has 2 aromatic rings. The standard InChI is InChI=1S/C18H26N4OS.HI/c1-14-12-21-17(24-14)13-22-18(19-3)20-10-7-11-23-15(2)16-8-5-4-6-9-16;/h4-6,8-9,12,15H,7,10-11,13H2,1-3H3,(H2,19,20,22);1H. The van der Waals surface area contributed by atoms with E-state index in [-0.39, 0.29) is 30.1 Å². The van der Waals surface area contributed by atoms with Gasteiger partial charge < -0.3 is 15.4 Å². The number of thiazole rings is 1. The Morgan fingerprint density at radius 1 is 1.28 bits per heavy atom. The lowest BCUT2D eigenvalue weighted by Crippen LogP contribution is -2.37. The van der Waals surface area contributed by atoms with E-state index < -0.39 is 0 Å². The molecule has 1 heterocycles. The first-order valence-electron chi connectivity index (χ1n) is 8.21. The lowest BCUT2D eigenvalue weighted by molar-refractivity contribution is 0.0646. The number of halogens is 1. The predicted molar refractivity (Wildman–Crippen MR) is 116 cm³/mol. The first kappa shape index (κ1) is 21.9. The van der Waals surface area contributed by atoms with Crippen molar-refractivity contribution in [1.29, 1.82) is 0 Å². The van der Waals surface area contributed by atoms with E-state index in [9.17, 15) is 0 Å². The minimum atomic E-state index is 0. The second kappa shape index (κ2) is 12.2. The molecule has 25 heavy (non-hydrogen) atoms. The number of aryl methyl sites for hydroxylation is 1. The number of benzene rings is 1. The van der Waals surface area contributed by atoms with Gasteiger partial charge >= 0.3 is 0 Å². The van der Waals surface area contributed by atoms with Gasteiger partial charge in [0.15, 0.2) is 5.96 Å². The Morgan fingerprint density at radius 3 is 2.68 bits per heavy atom. The van der Waals surface area contributed by atoms with Crippen LogP contribution in [0.3, 0.4) is 0 Å². The number of nitrogens with zero attached hydrogens (tertiary/aromatic N) is 2. The van der Waals surface area contributed by atoms with Crippen LogP contribution in [0.5, 0.6) is 0 Å². The molecule has 0 amide bonds. The van der Waals surface area contributed by atoms with Crippen molar-refractivity contribution in [2.24, 2.45) is 4.99 Å². The molecule has 0 radical (unpaired) electrons. The Balaban J connectivity index is 0.00000312. The molecular weight excluding hydrogens is 447 g/mol. The summed E-state index contributed by atoms with van der Waals surface area (Å²) in [6.07, 6.45) is 2.94. The van der Waals surface area contributed by atoms with Gasteiger partial charge in [0.25, 0.3) is 0 Å². The highest BCUT2D eigenvalue weighted by Gasteiger charge is 2.05. The minimum Gasteiger partial charge on any atom is -0.374 e. The maximum atomic E-state index is 5.87. The van der Waals surface area contributed by atoms with Gasteiger partial charge in [0.1, 0.15) is 5.01 Å². The van der Waals surface area contributed by atoms with Gasteiger partial charge in [-0.3, -0.25) is 4.99 Å². The van der Waals surface area contributed by atoms with E-state index in [2.05, 4.69) is 46.6 Å². The first-order valence-corrected chi connectivity index (χ1v) is 9.03. The summed E-state index contributed by atoms with van der Waals surface area (Å²) in [6.45, 7) is 6.37. The quantitative estimate of drug-likeness (QED) is 0.264. The number of hydrogen-bond acceptors (Lipinski definition) is 4. The zero-order valence-electron chi connectivity index (χ0n) is 15.0. The van der Waals surface area contributed by atoms with Gasteiger partial charge in [-0.15, -0.1) is 35.3 Å². The van der Waals surface area contributed by atoms with Crippen molar-refractivity contribution in [2.45, 2.75) is 32.9 Å². The van der Waals surface area contributed by atoms with Gasteiger partial charge in [-0.1, -0.05) is 30.3 Å². The zero-order chi connectivity index (χ0) is 17.2. The van der Waals surface area contributed by atoms with Crippen LogP contribution in [0.4, 0.5) is 0 Å². The molecule has 138 valence electrons. The molecule has 7 heteroatoms. The number of aliphatic imine (C=N–C) groups is 1. The topological polar surface area (TPSA) is 58.5 Å². The van der Waals surface area contributed by atoms with Crippen LogP contribution in [0.1, 0.15) is 34.9 Å². The fraction of sp³-hybridized carbons (Fsp3) is 0.444. The summed E-state index contributed by atoms with van der Waals surface area (Å²) >= 11 is 1.70. The highest BCUT2D eigenvalue weighted by atomic mass is 127. The predicted octanol–water partition coefficient (Wildman–Crippen LogP) is 3.90. The number of nitrogens with one attached hydrogen (secondary N) is 2. The maximum Gasteiger partial charge on any atom is 0.191 e. The molecule has 1 aromatic carbocycles. The zero-order valence-corrected chi connectivity index (χ0v) is 18.1. The van der Waals surface area contributed by atoms with Crippen LogP contribution < -0.4 is 10.6 Å². The number of guanidine groups is 1. The molecule has 0 saturated heterocycles. The maximum absolute atomic E-state index is 5.87. The Kier molecular flexibility index (Phi) is 10.7. The molecule has 0 aliphatic carbocycles. The van der Waals surface area contributed by atoms with Crippen LogP contribution in [-0.4, -0.2) is 31.1 Å². The SMILES string of the molecule is CN=C(NCCCOC(C)c1ccccc1)NCc1ncc(C)s1.I. The van der Waals surface area contributed by atoms with Gasteiger partial charge in [0.05, 0.1) is 12.6 Å². The van der Waals surface area contributed by atoms with Crippen molar-refractivity contribution in [3.63, 3.8) is 0 Å². The third kappa shape index (κ3) is 8.15. The molecule has 1 unspecified atom stereocenters. The summed E-state index contributed by atoms with van der Waals surface area (Å²) < 4.78 is 5.87. The second-order valence-corrected chi connectivity index (χ2v) is 6.81. The van der Waals surface area contributed by atoms with Crippen LogP contribution in [0.25, 0.3) is 0 Å². The Labute approximate surface area is 171 Å². The summed E-state index contributed by atoms with van der Waals surface area (Å²) in [4.78, 5) is 9.78. The van der Waals surface area contributed by atoms with E-state index in [4.69, 9.17) is 4.74 Å². The summed E-state index contributed by atoms with van der Waals surface area (Å²) in [7, 11) is 1.77. The summed E-state index contributed by atoms with van der Waals surface area (Å²) in [5.41, 5.74) is 1.21. The minimum absolute atomic E-state index is 0. The van der Waals surface area contributed by atoms with Crippen molar-refractivity contribution >= 4 is 41.3 Å². The molecule has 0 spiro atoms. The van der Waals surface area contributed by atoms with Crippen LogP contribution in [0.2, 0.25) is 0 Å². The van der Waals surface area contributed by atoms with E-state index in [1.165, 1.54) is 10.4 Å². The van der Waals surface area contributed by atoms with Crippen LogP contribution in [0.15, 0.2) is 41.5 Å². The van der Waals surface area contributed by atoms with Gasteiger partial charge in [-0.2, -0.15) is 0 Å². The number of hydrogen-bond donors (Lipinski definition) is 2. The van der Waals surface area contributed by atoms with Crippen molar-refractivity contribution in [3.8, 4) is 0 Å². The van der Waals surface area contributed by atoms with Crippen molar-refractivity contribution < 1.29 is 4.74 Å². The molecule has 0 saturated carbocycles. The van der Waals surface area contributed by atoms with E-state index in [1.807, 2.05) is 24.4 Å². The molecule has 1 atom stereocenters. The second-order valence-electron chi connectivity index (χ2n) is 5.49. The highest BCUT2D eigenvalue weighted by Crippen LogP contribution is 2.15. The number of ether oxygens (including phenoxy) is 1. The van der Waals surface area contributed by atoms with E-state index >= 15 is 0 Å². The molecule has 0 aliphatic heterocycles. The third-order valence-electron chi connectivity index (χ3n) is 3.55. The van der Waals surface area contributed by atoms with Crippen LogP contribution >= 0.6 is 35.3 Å². The van der Waals surface area contributed by atoms with E-state index in [0.717, 1.165) is 23.9 Å². The van der Waals surface area contributed by atoms with Gasteiger partial charge in [0, 0.05) is 31.3 Å². The highest BCUT2D eigenvalue weighted by molar-refractivity contribution is 14.0. The van der Waals surface area contributed by atoms with E-state index in [0.29, 0.717) is 13.2 Å². The number of rotatable bonds is 8. The van der Waals surface area contributed by atoms with Crippen LogP contribution in [0, 0.1) is 6.92 Å². The molecule has 0 bridgehead atoms. The van der Waals surface area contributed by atoms with Crippen molar-refractivity contribution in [3.05, 3.63) is 52.0 Å². The Morgan fingerprint density at radius 2 is 2.04 bits per heavy atom. The molecule has 2 N–H and O–H groups in total. The molecule has 0 aliphatic rings. The average molecular weight is 474 g/mol. The van der Waals surface area contributed by atoms with Crippen LogP contribution in [-0.2, 0) is 11.3 Å². The van der Waals surface area contributed by atoms with Crippen molar-refractivity contribution in [1.82, 2.24) is 15.6 Å². The summed E-state index contributed by atoms with van der Waals surface area (Å²) in [5.74, 6) is 0.791. The van der Waals surface area contributed by atoms with Gasteiger partial charge in [0.2, 0.25) is 0 Å². The molecule has 1 aromatic heterocycles. The Hall–Kier alpha value is -1.19. The smallest absolute Gasteiger partial charge is 0.191 e. The molecule has 0 fully saturated rings. The molecular formula is C18H27IN4OS. The Bertz CT molecular complexity index is 633. The summed E-state index contributed by atoms with van der Waals surface area (Å²) in [5, 5.41) is 7.63. The molecule has 2 rings (SSSR count). The van der Waals surface area contributed by atoms with Gasteiger partial charge in [-0.05, 0) is 25.8 Å². The number of aromatic nitrogens is 1. The monoisotopic (exact) mass is 474 g/mol. The normalized spacial score (nSPS) is 12.4. The fourth-order valence-corrected chi connectivity index (χ4v) is 2.95. The lowest BCUT2D eigenvalue weighted by atomic mass is 10.1. The largest absolute Gasteiger partial charge is 0.374 e. The lowest BCUT2D eigenvalue weighted by Gasteiger charge is -2.14. The van der Waals surface area contributed by atoms with E-state index in [1.54, 1.807) is 18.4 Å². The van der Waals surface area contributed by atoms with Gasteiger partial charge in [-0.25, -0.2) is 4.98 Å². The first-order chi connectivity index (χ1) is 11.7.